The summed E-state index contributed by atoms with van der Waals surface area (Å²) >= 11 is 1.48. The van der Waals surface area contributed by atoms with E-state index in [1.807, 2.05) is 25.1 Å². The molecular formula is C20H20N4S. The lowest BCUT2D eigenvalue weighted by atomic mass is 10.1. The van der Waals surface area contributed by atoms with E-state index in [9.17, 15) is 5.26 Å². The van der Waals surface area contributed by atoms with Crippen molar-refractivity contribution in [3.63, 3.8) is 0 Å². The van der Waals surface area contributed by atoms with Crippen LogP contribution < -0.4 is 0 Å². The Hall–Kier alpha value is -2.58. The van der Waals surface area contributed by atoms with Gasteiger partial charge in [0.25, 0.3) is 0 Å². The lowest BCUT2D eigenvalue weighted by Crippen LogP contribution is -2.09. The average molecular weight is 348 g/mol. The quantitative estimate of drug-likeness (QED) is 0.627. The predicted octanol–water partition coefficient (Wildman–Crippen LogP) is 4.17. The zero-order valence-electron chi connectivity index (χ0n) is 14.4. The van der Waals surface area contributed by atoms with Gasteiger partial charge in [-0.25, -0.2) is 0 Å². The Kier molecular flexibility index (Phi) is 5.52. The fraction of sp³-hybridized carbons (Fsp3) is 0.250. The first-order chi connectivity index (χ1) is 12.2. The molecule has 0 bridgehead atoms. The maximum Gasteiger partial charge on any atom is 0.192 e. The third-order valence-electron chi connectivity index (χ3n) is 4.02. The fourth-order valence-electron chi connectivity index (χ4n) is 2.58. The molecule has 3 rings (SSSR count). The monoisotopic (exact) mass is 348 g/mol. The van der Waals surface area contributed by atoms with Gasteiger partial charge in [-0.05, 0) is 31.4 Å². The molecule has 0 N–H and O–H groups in total. The normalized spacial score (nSPS) is 11.9. The van der Waals surface area contributed by atoms with Crippen molar-refractivity contribution >= 4 is 11.8 Å². The molecule has 5 heteroatoms. The Morgan fingerprint density at radius 3 is 2.40 bits per heavy atom. The Morgan fingerprint density at radius 2 is 1.72 bits per heavy atom. The Bertz CT molecular complexity index is 863. The predicted molar refractivity (Wildman–Crippen MR) is 100 cm³/mol. The van der Waals surface area contributed by atoms with E-state index < -0.39 is 0 Å². The highest BCUT2D eigenvalue weighted by atomic mass is 32.2. The van der Waals surface area contributed by atoms with Gasteiger partial charge in [-0.1, -0.05) is 71.9 Å². The van der Waals surface area contributed by atoms with Crippen molar-refractivity contribution in [2.45, 2.75) is 37.2 Å². The molecule has 3 aromatic rings. The van der Waals surface area contributed by atoms with E-state index in [1.165, 1.54) is 22.9 Å². The van der Waals surface area contributed by atoms with Crippen LogP contribution in [0, 0.1) is 25.2 Å². The van der Waals surface area contributed by atoms with Crippen LogP contribution in [0.15, 0.2) is 59.8 Å². The van der Waals surface area contributed by atoms with Crippen molar-refractivity contribution in [3.8, 4) is 6.07 Å². The lowest BCUT2D eigenvalue weighted by molar-refractivity contribution is 0.687. The van der Waals surface area contributed by atoms with E-state index in [-0.39, 0.29) is 5.25 Å². The Labute approximate surface area is 152 Å². The molecule has 1 aromatic heterocycles. The number of hydrogen-bond acceptors (Lipinski definition) is 4. The molecule has 0 aliphatic carbocycles. The van der Waals surface area contributed by atoms with Crippen LogP contribution in [0.25, 0.3) is 0 Å². The van der Waals surface area contributed by atoms with Crippen LogP contribution in [0.2, 0.25) is 0 Å². The Morgan fingerprint density at radius 1 is 1.00 bits per heavy atom. The van der Waals surface area contributed by atoms with Crippen LogP contribution in [-0.2, 0) is 13.0 Å². The maximum atomic E-state index is 9.56. The van der Waals surface area contributed by atoms with Gasteiger partial charge in [0.2, 0.25) is 0 Å². The molecule has 1 atom stereocenters. The topological polar surface area (TPSA) is 54.5 Å². The second kappa shape index (κ2) is 8.00. The number of aryl methyl sites for hydroxylation is 2. The standard InChI is InChI=1S/C20H20N4S/c1-15-8-10-17(11-9-15)12-19(13-21)25-20-23-22-16(2)24(20)14-18-6-4-3-5-7-18/h3-11,19H,12,14H2,1-2H3. The van der Waals surface area contributed by atoms with E-state index >= 15 is 0 Å². The van der Waals surface area contributed by atoms with Crippen LogP contribution in [-0.4, -0.2) is 20.0 Å². The highest BCUT2D eigenvalue weighted by Gasteiger charge is 2.17. The van der Waals surface area contributed by atoms with Crippen molar-refractivity contribution < 1.29 is 0 Å². The van der Waals surface area contributed by atoms with Crippen molar-refractivity contribution in [2.75, 3.05) is 0 Å². The summed E-state index contributed by atoms with van der Waals surface area (Å²) in [6.45, 7) is 4.72. The van der Waals surface area contributed by atoms with Gasteiger partial charge in [0.05, 0.1) is 12.6 Å². The van der Waals surface area contributed by atoms with Crippen molar-refractivity contribution in [3.05, 3.63) is 77.1 Å². The van der Waals surface area contributed by atoms with Gasteiger partial charge < -0.3 is 4.57 Å². The fourth-order valence-corrected chi connectivity index (χ4v) is 3.57. The smallest absolute Gasteiger partial charge is 0.192 e. The minimum Gasteiger partial charge on any atom is -0.302 e. The number of aromatic nitrogens is 3. The van der Waals surface area contributed by atoms with Crippen LogP contribution in [0.4, 0.5) is 0 Å². The van der Waals surface area contributed by atoms with Gasteiger partial charge in [0, 0.05) is 0 Å². The molecule has 1 heterocycles. The molecule has 0 spiro atoms. The summed E-state index contributed by atoms with van der Waals surface area (Å²) < 4.78 is 2.07. The van der Waals surface area contributed by atoms with Crippen molar-refractivity contribution in [2.24, 2.45) is 0 Å². The lowest BCUT2D eigenvalue weighted by Gasteiger charge is -2.11. The van der Waals surface area contributed by atoms with Gasteiger partial charge in [-0.15, -0.1) is 10.2 Å². The molecule has 0 amide bonds. The summed E-state index contributed by atoms with van der Waals surface area (Å²) in [6.07, 6.45) is 0.693. The number of thioether (sulfide) groups is 1. The number of rotatable bonds is 6. The molecule has 126 valence electrons. The van der Waals surface area contributed by atoms with Crippen LogP contribution >= 0.6 is 11.8 Å². The summed E-state index contributed by atoms with van der Waals surface area (Å²) in [7, 11) is 0. The molecule has 0 aliphatic heterocycles. The van der Waals surface area contributed by atoms with Gasteiger partial charge in [-0.2, -0.15) is 5.26 Å². The van der Waals surface area contributed by atoms with E-state index in [2.05, 4.69) is 64.2 Å². The molecule has 0 saturated carbocycles. The summed E-state index contributed by atoms with van der Waals surface area (Å²) in [5, 5.41) is 18.6. The van der Waals surface area contributed by atoms with Gasteiger partial charge in [-0.3, -0.25) is 0 Å². The number of hydrogen-bond donors (Lipinski definition) is 0. The highest BCUT2D eigenvalue weighted by Crippen LogP contribution is 2.25. The molecule has 0 saturated heterocycles. The summed E-state index contributed by atoms with van der Waals surface area (Å²) in [4.78, 5) is 0. The zero-order chi connectivity index (χ0) is 17.6. The highest BCUT2D eigenvalue weighted by molar-refractivity contribution is 8.00. The third kappa shape index (κ3) is 4.49. The van der Waals surface area contributed by atoms with E-state index in [4.69, 9.17) is 0 Å². The zero-order valence-corrected chi connectivity index (χ0v) is 15.2. The first-order valence-electron chi connectivity index (χ1n) is 8.21. The second-order valence-corrected chi connectivity index (χ2v) is 7.20. The SMILES string of the molecule is Cc1ccc(CC(C#N)Sc2nnc(C)n2Cc2ccccc2)cc1. The number of nitrogens with zero attached hydrogens (tertiary/aromatic N) is 4. The molecule has 25 heavy (non-hydrogen) atoms. The van der Waals surface area contributed by atoms with Crippen LogP contribution in [0.5, 0.6) is 0 Å². The van der Waals surface area contributed by atoms with E-state index in [1.54, 1.807) is 0 Å². The molecule has 0 aliphatic rings. The summed E-state index contributed by atoms with van der Waals surface area (Å²) in [5.74, 6) is 0.860. The summed E-state index contributed by atoms with van der Waals surface area (Å²) in [6, 6.07) is 20.9. The van der Waals surface area contributed by atoms with E-state index in [0.29, 0.717) is 13.0 Å². The Balaban J connectivity index is 1.75. The second-order valence-electron chi connectivity index (χ2n) is 6.03. The van der Waals surface area contributed by atoms with Crippen LogP contribution in [0.3, 0.4) is 0 Å². The third-order valence-corrected chi connectivity index (χ3v) is 5.09. The molecule has 0 fully saturated rings. The molecule has 4 nitrogen and oxygen atoms in total. The first kappa shape index (κ1) is 17.2. The van der Waals surface area contributed by atoms with Gasteiger partial charge in [0.1, 0.15) is 11.1 Å². The maximum absolute atomic E-state index is 9.56. The minimum atomic E-state index is -0.194. The largest absolute Gasteiger partial charge is 0.302 e. The van der Waals surface area contributed by atoms with Crippen LogP contribution in [0.1, 0.15) is 22.5 Å². The number of nitriles is 1. The first-order valence-corrected chi connectivity index (χ1v) is 9.09. The molecule has 1 unspecified atom stereocenters. The van der Waals surface area contributed by atoms with Gasteiger partial charge in [0.15, 0.2) is 5.16 Å². The average Bonchev–Trinajstić information content (AvgIpc) is 2.97. The van der Waals surface area contributed by atoms with E-state index in [0.717, 1.165) is 16.5 Å². The van der Waals surface area contributed by atoms with Gasteiger partial charge >= 0.3 is 0 Å². The molecular weight excluding hydrogens is 328 g/mol. The van der Waals surface area contributed by atoms with Crippen molar-refractivity contribution in [1.29, 1.82) is 5.26 Å². The van der Waals surface area contributed by atoms with Crippen molar-refractivity contribution in [1.82, 2.24) is 14.8 Å². The molecule has 2 aromatic carbocycles. The molecule has 0 radical (unpaired) electrons. The minimum absolute atomic E-state index is 0.194. The summed E-state index contributed by atoms with van der Waals surface area (Å²) in [5.41, 5.74) is 3.58. The number of benzene rings is 2.